The minimum atomic E-state index is -0.841. The highest BCUT2D eigenvalue weighted by Gasteiger charge is 2.12. The summed E-state index contributed by atoms with van der Waals surface area (Å²) in [6.45, 7) is 3.29. The first-order chi connectivity index (χ1) is 3.56. The van der Waals surface area contributed by atoms with Crippen molar-refractivity contribution in [3.8, 4) is 12.3 Å². The van der Waals surface area contributed by atoms with Crippen molar-refractivity contribution in [1.82, 2.24) is 0 Å². The molecule has 0 saturated heterocycles. The van der Waals surface area contributed by atoms with Gasteiger partial charge in [0.25, 0.3) is 0 Å². The molecule has 0 spiro atoms. The summed E-state index contributed by atoms with van der Waals surface area (Å²) in [6, 6.07) is 0. The zero-order valence-corrected chi connectivity index (χ0v) is 5.40. The Morgan fingerprint density at radius 3 is 2.25 bits per heavy atom. The predicted octanol–water partition coefficient (Wildman–Crippen LogP) is 1.61. The van der Waals surface area contributed by atoms with Gasteiger partial charge in [0.05, 0.1) is 5.60 Å². The van der Waals surface area contributed by atoms with E-state index in [9.17, 15) is 5.11 Å². The summed E-state index contributed by atoms with van der Waals surface area (Å²) < 4.78 is 0. The first-order valence-electron chi connectivity index (χ1n) is 2.70. The summed E-state index contributed by atoms with van der Waals surface area (Å²) in [5.74, 6) is 2.42. The van der Waals surface area contributed by atoms with Gasteiger partial charge in [-0.15, -0.1) is 12.3 Å². The molecule has 0 aliphatic rings. The summed E-state index contributed by atoms with van der Waals surface area (Å²) >= 11 is 0. The number of rotatable bonds is 2. The molecule has 1 nitrogen and oxygen atoms in total. The average molecular weight is 111 g/mol. The Balaban J connectivity index is 3.28. The van der Waals surface area contributed by atoms with E-state index in [0.29, 0.717) is 12.8 Å². The van der Waals surface area contributed by atoms with Crippen LogP contribution >= 0.6 is 0 Å². The van der Waals surface area contributed by atoms with Crippen molar-refractivity contribution in [2.45, 2.75) is 32.3 Å². The molecule has 0 saturated carbocycles. The van der Waals surface area contributed by atoms with Crippen LogP contribution in [0.3, 0.4) is 0 Å². The van der Waals surface area contributed by atoms with Crippen LogP contribution in [0.1, 0.15) is 26.7 Å². The molecule has 0 aromatic rings. The molecular weight excluding hydrogens is 100 g/mol. The third-order valence-corrected chi connectivity index (χ3v) is 0.871. The topological polar surface area (TPSA) is 19.9 Å². The summed E-state index contributed by atoms with van der Waals surface area (Å²) in [7, 11) is 0. The monoisotopic (exact) mass is 111 g/mol. The van der Waals surface area contributed by atoms with Gasteiger partial charge >= 0.3 is 0 Å². The largest absolute Gasteiger partial charge is 0.230 e. The van der Waals surface area contributed by atoms with Crippen LogP contribution in [0.2, 0.25) is 0 Å². The van der Waals surface area contributed by atoms with Crippen LogP contribution < -0.4 is 0 Å². The summed E-state index contributed by atoms with van der Waals surface area (Å²) in [5.41, 5.74) is -0.841. The van der Waals surface area contributed by atoms with E-state index in [1.165, 1.54) is 0 Å². The van der Waals surface area contributed by atoms with Gasteiger partial charge in [-0.2, -0.15) is 0 Å². The first-order valence-corrected chi connectivity index (χ1v) is 2.70. The zero-order valence-electron chi connectivity index (χ0n) is 5.40. The summed E-state index contributed by atoms with van der Waals surface area (Å²) in [5, 5.41) is 10.8. The average Bonchev–Trinajstić information content (AvgIpc) is 1.59. The second-order valence-corrected chi connectivity index (χ2v) is 2.46. The van der Waals surface area contributed by atoms with Gasteiger partial charge in [0.15, 0.2) is 0 Å². The van der Waals surface area contributed by atoms with E-state index in [2.05, 4.69) is 5.92 Å². The van der Waals surface area contributed by atoms with Gasteiger partial charge in [-0.05, 0) is 20.3 Å². The van der Waals surface area contributed by atoms with Crippen molar-refractivity contribution in [2.75, 3.05) is 0 Å². The Bertz CT molecular complexity index is 91.9. The maximum absolute atomic E-state index is 10.8. The van der Waals surface area contributed by atoms with E-state index in [1.807, 2.05) is 0 Å². The molecule has 0 aromatic heterocycles. The molecular formula is C7H11O. The van der Waals surface area contributed by atoms with Crippen LogP contribution in [0.5, 0.6) is 0 Å². The van der Waals surface area contributed by atoms with Gasteiger partial charge in [0.1, 0.15) is 0 Å². The van der Waals surface area contributed by atoms with Crippen LogP contribution in [0.4, 0.5) is 0 Å². The van der Waals surface area contributed by atoms with Crippen molar-refractivity contribution in [1.29, 1.82) is 0 Å². The fraction of sp³-hybridized carbons (Fsp3) is 0.714. The molecule has 0 aromatic carbocycles. The van der Waals surface area contributed by atoms with E-state index >= 15 is 0 Å². The Kier molecular flexibility index (Phi) is 2.57. The molecule has 0 aliphatic heterocycles. The minimum Gasteiger partial charge on any atom is -0.230 e. The molecule has 0 unspecified atom stereocenters. The normalized spacial score (nSPS) is 10.8. The molecule has 0 fully saturated rings. The Morgan fingerprint density at radius 2 is 2.12 bits per heavy atom. The number of hydrogen-bond donors (Lipinski definition) is 0. The number of terminal acetylenes is 1. The smallest absolute Gasteiger partial charge is 0.0989 e. The third kappa shape index (κ3) is 5.52. The van der Waals surface area contributed by atoms with E-state index in [0.717, 1.165) is 0 Å². The molecule has 8 heavy (non-hydrogen) atoms. The molecule has 0 bridgehead atoms. The van der Waals surface area contributed by atoms with Crippen LogP contribution in [0.25, 0.3) is 0 Å². The van der Waals surface area contributed by atoms with Gasteiger partial charge in [-0.3, -0.25) is 0 Å². The van der Waals surface area contributed by atoms with E-state index in [1.54, 1.807) is 13.8 Å². The quantitative estimate of drug-likeness (QED) is 0.482. The second-order valence-electron chi connectivity index (χ2n) is 2.46. The predicted molar refractivity (Wildman–Crippen MR) is 32.8 cm³/mol. The number of hydrogen-bond acceptors (Lipinski definition) is 0. The van der Waals surface area contributed by atoms with E-state index in [4.69, 9.17) is 6.42 Å². The van der Waals surface area contributed by atoms with Crippen molar-refractivity contribution in [3.63, 3.8) is 0 Å². The highest BCUT2D eigenvalue weighted by atomic mass is 16.3. The molecule has 0 N–H and O–H groups in total. The molecule has 0 aliphatic carbocycles. The molecule has 0 atom stereocenters. The zero-order chi connectivity index (χ0) is 6.62. The van der Waals surface area contributed by atoms with Crippen molar-refractivity contribution < 1.29 is 5.11 Å². The van der Waals surface area contributed by atoms with Crippen molar-refractivity contribution in [2.24, 2.45) is 0 Å². The molecule has 0 amide bonds. The van der Waals surface area contributed by atoms with Gasteiger partial charge in [-0.1, -0.05) is 0 Å². The highest BCUT2D eigenvalue weighted by Crippen LogP contribution is 2.09. The second kappa shape index (κ2) is 2.74. The van der Waals surface area contributed by atoms with Gasteiger partial charge in [-0.25, -0.2) is 5.11 Å². The Labute approximate surface area is 50.7 Å². The highest BCUT2D eigenvalue weighted by molar-refractivity contribution is 4.85. The van der Waals surface area contributed by atoms with Crippen LogP contribution in [-0.2, 0) is 5.11 Å². The maximum atomic E-state index is 10.8. The van der Waals surface area contributed by atoms with Gasteiger partial charge < -0.3 is 0 Å². The lowest BCUT2D eigenvalue weighted by Gasteiger charge is -2.10. The lowest BCUT2D eigenvalue weighted by Crippen LogP contribution is -2.15. The molecule has 1 heteroatoms. The van der Waals surface area contributed by atoms with E-state index < -0.39 is 5.60 Å². The SMILES string of the molecule is C#CCCC(C)(C)[O]. The molecule has 1 radical (unpaired) electrons. The molecule has 0 rings (SSSR count). The molecule has 45 valence electrons. The third-order valence-electron chi connectivity index (χ3n) is 0.871. The molecule has 0 heterocycles. The van der Waals surface area contributed by atoms with E-state index in [-0.39, 0.29) is 0 Å². The minimum absolute atomic E-state index is 0.573. The maximum Gasteiger partial charge on any atom is 0.0989 e. The first kappa shape index (κ1) is 7.52. The summed E-state index contributed by atoms with van der Waals surface area (Å²) in [6.07, 6.45) is 6.11. The lowest BCUT2D eigenvalue weighted by molar-refractivity contribution is -0.00175. The lowest BCUT2D eigenvalue weighted by atomic mass is 10.0. The van der Waals surface area contributed by atoms with Gasteiger partial charge in [0.2, 0.25) is 0 Å². The van der Waals surface area contributed by atoms with Gasteiger partial charge in [0, 0.05) is 6.42 Å². The van der Waals surface area contributed by atoms with Crippen LogP contribution in [0.15, 0.2) is 0 Å². The Morgan fingerprint density at radius 1 is 1.62 bits per heavy atom. The van der Waals surface area contributed by atoms with Crippen LogP contribution in [0, 0.1) is 12.3 Å². The van der Waals surface area contributed by atoms with Crippen molar-refractivity contribution >= 4 is 0 Å². The van der Waals surface area contributed by atoms with Crippen molar-refractivity contribution in [3.05, 3.63) is 0 Å². The standard InChI is InChI=1S/C7H11O/c1-4-5-6-7(2,3)8/h1H,5-6H2,2-3H3. The van der Waals surface area contributed by atoms with Crippen LogP contribution in [-0.4, -0.2) is 5.60 Å². The fourth-order valence-electron chi connectivity index (χ4n) is 0.373. The Hall–Kier alpha value is -0.480. The summed E-state index contributed by atoms with van der Waals surface area (Å²) in [4.78, 5) is 0. The fourth-order valence-corrected chi connectivity index (χ4v) is 0.373.